The summed E-state index contributed by atoms with van der Waals surface area (Å²) in [6, 6.07) is 0. The van der Waals surface area contributed by atoms with Crippen LogP contribution in [-0.2, 0) is 0 Å². The molecule has 0 aromatic rings. The molecule has 0 aliphatic heterocycles. The molecule has 0 saturated heterocycles. The number of hydrogen-bond donors (Lipinski definition) is 0. The van der Waals surface area contributed by atoms with E-state index in [1.807, 2.05) is 0 Å². The van der Waals surface area contributed by atoms with Gasteiger partial charge in [0.2, 0.25) is 0 Å². The van der Waals surface area contributed by atoms with Crippen LogP contribution in [0.25, 0.3) is 0 Å². The third kappa shape index (κ3) is 2.94. The second-order valence-corrected chi connectivity index (χ2v) is 14.9. The second kappa shape index (κ2) is 4.95. The van der Waals surface area contributed by atoms with Gasteiger partial charge in [-0.05, 0) is 17.8 Å². The molecule has 14 heavy (non-hydrogen) atoms. The summed E-state index contributed by atoms with van der Waals surface area (Å²) in [4.78, 5) is 0. The van der Waals surface area contributed by atoms with Crippen molar-refractivity contribution in [2.24, 2.45) is 0 Å². The van der Waals surface area contributed by atoms with Crippen LogP contribution in [-0.4, -0.2) is 34.7 Å². The van der Waals surface area contributed by atoms with Crippen LogP contribution in [0.15, 0.2) is 0 Å². The maximum atomic E-state index is 2.68. The predicted octanol–water partition coefficient (Wildman–Crippen LogP) is 3.61. The summed E-state index contributed by atoms with van der Waals surface area (Å²) in [6.45, 7) is 22.0. The first-order valence-electron chi connectivity index (χ1n) is 5.77. The van der Waals surface area contributed by atoms with Crippen molar-refractivity contribution in [3.63, 3.8) is 0 Å². The molecule has 0 aliphatic carbocycles. The fourth-order valence-corrected chi connectivity index (χ4v) is 8.19. The van der Waals surface area contributed by atoms with E-state index in [1.54, 1.807) is 0 Å². The van der Waals surface area contributed by atoms with Crippen LogP contribution in [0.3, 0.4) is 0 Å². The SMILES string of the molecule is CCN(CC)[Si](C)C(C)(C)[Si](C)(C)C. The van der Waals surface area contributed by atoms with Crippen LogP contribution >= 0.6 is 0 Å². The summed E-state index contributed by atoms with van der Waals surface area (Å²) in [5.74, 6) is 0. The summed E-state index contributed by atoms with van der Waals surface area (Å²) >= 11 is 0. The lowest BCUT2D eigenvalue weighted by atomic mass is 10.5. The number of hydrogen-bond acceptors (Lipinski definition) is 1. The van der Waals surface area contributed by atoms with E-state index >= 15 is 0 Å². The fourth-order valence-electron chi connectivity index (χ4n) is 1.64. The molecule has 0 amide bonds. The smallest absolute Gasteiger partial charge is 0.136 e. The first-order chi connectivity index (χ1) is 6.18. The van der Waals surface area contributed by atoms with Crippen LogP contribution in [0.5, 0.6) is 0 Å². The van der Waals surface area contributed by atoms with Gasteiger partial charge in [0.1, 0.15) is 8.96 Å². The average Bonchev–Trinajstić information content (AvgIpc) is 2.04. The topological polar surface area (TPSA) is 3.24 Å². The van der Waals surface area contributed by atoms with Gasteiger partial charge in [0.25, 0.3) is 0 Å². The van der Waals surface area contributed by atoms with Gasteiger partial charge in [0, 0.05) is 8.07 Å². The molecule has 0 atom stereocenters. The van der Waals surface area contributed by atoms with Gasteiger partial charge >= 0.3 is 0 Å². The zero-order valence-electron chi connectivity index (χ0n) is 11.4. The minimum atomic E-state index is -1.04. The quantitative estimate of drug-likeness (QED) is 0.652. The van der Waals surface area contributed by atoms with Crippen molar-refractivity contribution in [1.82, 2.24) is 4.57 Å². The van der Waals surface area contributed by atoms with Crippen molar-refractivity contribution in [2.75, 3.05) is 13.1 Å². The van der Waals surface area contributed by atoms with Crippen molar-refractivity contribution in [3.8, 4) is 0 Å². The molecule has 0 spiro atoms. The fraction of sp³-hybridized carbons (Fsp3) is 1.00. The Bertz CT molecular complexity index is 169. The lowest BCUT2D eigenvalue weighted by Gasteiger charge is -2.45. The standard InChI is InChI=1S/C11H28NSi2/c1-9-12(10-2)13(5)11(3,4)14(6,7)8/h9-10H2,1-8H3. The summed E-state index contributed by atoms with van der Waals surface area (Å²) in [5.41, 5.74) is 0. The zero-order chi connectivity index (χ0) is 11.6. The highest BCUT2D eigenvalue weighted by atomic mass is 28.4. The van der Waals surface area contributed by atoms with Gasteiger partial charge in [0.05, 0.1) is 0 Å². The van der Waals surface area contributed by atoms with E-state index < -0.39 is 8.07 Å². The van der Waals surface area contributed by atoms with Crippen molar-refractivity contribution >= 4 is 17.0 Å². The molecular formula is C11H28NSi2. The molecule has 0 N–H and O–H groups in total. The molecule has 0 rings (SSSR count). The molecule has 3 heteroatoms. The van der Waals surface area contributed by atoms with E-state index in [0.29, 0.717) is 4.66 Å². The molecule has 0 aromatic heterocycles. The van der Waals surface area contributed by atoms with E-state index in [1.165, 1.54) is 13.1 Å². The summed E-state index contributed by atoms with van der Waals surface area (Å²) in [5, 5.41) is 0. The molecule has 0 bridgehead atoms. The normalized spacial score (nSPS) is 14.1. The van der Waals surface area contributed by atoms with Crippen molar-refractivity contribution in [2.45, 2.75) is 58.5 Å². The van der Waals surface area contributed by atoms with Crippen molar-refractivity contribution in [1.29, 1.82) is 0 Å². The van der Waals surface area contributed by atoms with E-state index in [4.69, 9.17) is 0 Å². The molecule has 1 nitrogen and oxygen atoms in total. The monoisotopic (exact) mass is 230 g/mol. The Kier molecular flexibility index (Phi) is 5.09. The highest BCUT2D eigenvalue weighted by Crippen LogP contribution is 2.40. The summed E-state index contributed by atoms with van der Waals surface area (Å²) in [6.07, 6.45) is 0. The average molecular weight is 231 g/mol. The van der Waals surface area contributed by atoms with Crippen LogP contribution in [0.2, 0.25) is 30.8 Å². The second-order valence-electron chi connectivity index (χ2n) is 5.63. The van der Waals surface area contributed by atoms with E-state index in [-0.39, 0.29) is 8.96 Å². The Morgan fingerprint density at radius 2 is 1.43 bits per heavy atom. The molecule has 0 fully saturated rings. The van der Waals surface area contributed by atoms with Gasteiger partial charge in [0.15, 0.2) is 0 Å². The minimum Gasteiger partial charge on any atom is -0.325 e. The third-order valence-electron chi connectivity index (χ3n) is 4.02. The van der Waals surface area contributed by atoms with Crippen molar-refractivity contribution in [3.05, 3.63) is 0 Å². The highest BCUT2D eigenvalue weighted by molar-refractivity contribution is 6.90. The van der Waals surface area contributed by atoms with Crippen molar-refractivity contribution < 1.29 is 0 Å². The zero-order valence-corrected chi connectivity index (χ0v) is 13.4. The molecule has 0 saturated carbocycles. The van der Waals surface area contributed by atoms with Gasteiger partial charge < -0.3 is 4.57 Å². The summed E-state index contributed by atoms with van der Waals surface area (Å²) < 4.78 is 3.27. The van der Waals surface area contributed by atoms with Gasteiger partial charge in [-0.1, -0.05) is 53.9 Å². The van der Waals surface area contributed by atoms with Gasteiger partial charge in [-0.3, -0.25) is 0 Å². The lowest BCUT2D eigenvalue weighted by molar-refractivity contribution is 0.466. The maximum absolute atomic E-state index is 2.68. The number of rotatable bonds is 5. The van der Waals surface area contributed by atoms with Crippen LogP contribution in [0.4, 0.5) is 0 Å². The van der Waals surface area contributed by atoms with Gasteiger partial charge in [-0.15, -0.1) is 0 Å². The first-order valence-corrected chi connectivity index (χ1v) is 11.2. The minimum absolute atomic E-state index is 0.368. The Balaban J connectivity index is 4.73. The lowest BCUT2D eigenvalue weighted by Crippen LogP contribution is -2.53. The van der Waals surface area contributed by atoms with E-state index in [0.717, 1.165) is 0 Å². The van der Waals surface area contributed by atoms with Crippen LogP contribution in [0.1, 0.15) is 27.7 Å². The van der Waals surface area contributed by atoms with E-state index in [9.17, 15) is 0 Å². The van der Waals surface area contributed by atoms with Gasteiger partial charge in [-0.25, -0.2) is 0 Å². The molecule has 0 aliphatic rings. The Hall–Kier alpha value is 0.394. The van der Waals surface area contributed by atoms with Gasteiger partial charge in [-0.2, -0.15) is 0 Å². The Morgan fingerprint density at radius 1 is 1.07 bits per heavy atom. The molecule has 85 valence electrons. The Labute approximate surface area is 93.6 Å². The molecule has 0 aromatic carbocycles. The summed E-state index contributed by atoms with van der Waals surface area (Å²) in [7, 11) is -1.41. The molecule has 1 radical (unpaired) electrons. The molecule has 0 unspecified atom stereocenters. The van der Waals surface area contributed by atoms with E-state index in [2.05, 4.69) is 58.4 Å². The molecule has 0 heterocycles. The number of nitrogens with zero attached hydrogens (tertiary/aromatic N) is 1. The largest absolute Gasteiger partial charge is 0.325 e. The van der Waals surface area contributed by atoms with Crippen LogP contribution < -0.4 is 0 Å². The third-order valence-corrected chi connectivity index (χ3v) is 14.5. The molecular weight excluding hydrogens is 202 g/mol. The maximum Gasteiger partial charge on any atom is 0.136 e. The van der Waals surface area contributed by atoms with Crippen LogP contribution in [0, 0.1) is 0 Å². The Morgan fingerprint density at radius 3 is 1.64 bits per heavy atom. The highest BCUT2D eigenvalue weighted by Gasteiger charge is 2.42. The first kappa shape index (κ1) is 14.4. The predicted molar refractivity (Wildman–Crippen MR) is 71.9 cm³/mol.